The summed E-state index contributed by atoms with van der Waals surface area (Å²) < 4.78 is 0. The van der Waals surface area contributed by atoms with E-state index in [0.29, 0.717) is 0 Å². The summed E-state index contributed by atoms with van der Waals surface area (Å²) in [7, 11) is 0. The van der Waals surface area contributed by atoms with Crippen molar-refractivity contribution in [1.29, 1.82) is 0 Å². The Balaban J connectivity index is 0. The molecule has 0 aliphatic carbocycles. The van der Waals surface area contributed by atoms with Crippen molar-refractivity contribution in [3.8, 4) is 0 Å². The van der Waals surface area contributed by atoms with Gasteiger partial charge in [0.25, 0.3) is 0 Å². The van der Waals surface area contributed by atoms with Gasteiger partial charge in [-0.15, -0.1) is 0 Å². The number of hydrogen-bond donors (Lipinski definition) is 2. The zero-order valence-corrected chi connectivity index (χ0v) is 4.59. The fraction of sp³-hybridized carbons (Fsp3) is 0.667. The van der Waals surface area contributed by atoms with Crippen molar-refractivity contribution in [2.24, 2.45) is 5.73 Å². The minimum Gasteiger partial charge on any atom is -0.481 e. The van der Waals surface area contributed by atoms with Crippen molar-refractivity contribution < 1.29 is 27.0 Å². The van der Waals surface area contributed by atoms with Crippen LogP contribution in [0.1, 0.15) is 6.42 Å². The smallest absolute Gasteiger partial charge is 0.304 e. The van der Waals surface area contributed by atoms with Gasteiger partial charge in [0, 0.05) is 23.6 Å². The van der Waals surface area contributed by atoms with Gasteiger partial charge in [0.2, 0.25) is 0 Å². The van der Waals surface area contributed by atoms with Crippen molar-refractivity contribution in [1.82, 2.24) is 0 Å². The number of nitrogens with two attached hydrogens (primary N) is 1. The van der Waals surface area contributed by atoms with Crippen molar-refractivity contribution in [3.05, 3.63) is 0 Å². The third-order valence-corrected chi connectivity index (χ3v) is 0.358. The van der Waals surface area contributed by atoms with Gasteiger partial charge in [0.05, 0.1) is 6.42 Å². The second-order valence-corrected chi connectivity index (χ2v) is 0.932. The number of carboxylic acids is 1. The maximum atomic E-state index is 9.52. The van der Waals surface area contributed by atoms with Crippen LogP contribution in [0.4, 0.5) is 0 Å². The van der Waals surface area contributed by atoms with E-state index in [1.54, 1.807) is 0 Å². The molecule has 0 aromatic rings. The number of carbonyl (C=O) groups is 1. The van der Waals surface area contributed by atoms with Crippen LogP contribution >= 0.6 is 0 Å². The van der Waals surface area contributed by atoms with E-state index in [9.17, 15) is 4.79 Å². The average Bonchev–Trinajstić information content (AvgIpc) is 1.35. The molecule has 0 spiro atoms. The molecule has 4 heteroatoms. The van der Waals surface area contributed by atoms with E-state index < -0.39 is 5.97 Å². The molecule has 0 aliphatic heterocycles. The maximum absolute atomic E-state index is 9.52. The third-order valence-electron chi connectivity index (χ3n) is 0.358. The molecule has 0 bridgehead atoms. The van der Waals surface area contributed by atoms with Crippen molar-refractivity contribution >= 4 is 5.97 Å². The van der Waals surface area contributed by atoms with Crippen LogP contribution in [0.2, 0.25) is 0 Å². The van der Waals surface area contributed by atoms with Crippen LogP contribution in [0, 0.1) is 0 Å². The molecular formula is C3H7CuNO2. The van der Waals surface area contributed by atoms with Gasteiger partial charge in [-0.3, -0.25) is 4.79 Å². The van der Waals surface area contributed by atoms with Crippen molar-refractivity contribution in [3.63, 3.8) is 0 Å². The molecule has 0 aliphatic rings. The van der Waals surface area contributed by atoms with E-state index in [2.05, 4.69) is 0 Å². The molecule has 0 rings (SSSR count). The van der Waals surface area contributed by atoms with E-state index in [4.69, 9.17) is 10.8 Å². The van der Waals surface area contributed by atoms with Crippen LogP contribution in [-0.4, -0.2) is 17.6 Å². The summed E-state index contributed by atoms with van der Waals surface area (Å²) in [5.41, 5.74) is 4.85. The summed E-state index contributed by atoms with van der Waals surface area (Å²) in [6.45, 7) is 0.231. The Hall–Kier alpha value is -0.0505. The first-order chi connectivity index (χ1) is 2.77. The van der Waals surface area contributed by atoms with Gasteiger partial charge >= 0.3 is 5.97 Å². The summed E-state index contributed by atoms with van der Waals surface area (Å²) in [6.07, 6.45) is 0.0694. The SMILES string of the molecule is NCCC(=O)O.[Cu]. The van der Waals surface area contributed by atoms with E-state index in [0.717, 1.165) is 0 Å². The van der Waals surface area contributed by atoms with Crippen molar-refractivity contribution in [2.75, 3.05) is 6.54 Å². The second-order valence-electron chi connectivity index (χ2n) is 0.932. The minimum absolute atomic E-state index is 0. The first-order valence-electron chi connectivity index (χ1n) is 1.69. The van der Waals surface area contributed by atoms with Gasteiger partial charge in [-0.1, -0.05) is 0 Å². The van der Waals surface area contributed by atoms with E-state index in [-0.39, 0.29) is 30.0 Å². The van der Waals surface area contributed by atoms with Crippen LogP contribution in [-0.2, 0) is 21.9 Å². The molecule has 1 radical (unpaired) electrons. The fourth-order valence-electron chi connectivity index (χ4n) is 0.123. The van der Waals surface area contributed by atoms with Crippen LogP contribution in [0.5, 0.6) is 0 Å². The zero-order valence-electron chi connectivity index (χ0n) is 3.65. The molecular weight excluding hydrogens is 146 g/mol. The van der Waals surface area contributed by atoms with Crippen LogP contribution in [0.3, 0.4) is 0 Å². The largest absolute Gasteiger partial charge is 0.481 e. The quantitative estimate of drug-likeness (QED) is 0.521. The van der Waals surface area contributed by atoms with Crippen LogP contribution < -0.4 is 5.73 Å². The Kier molecular flexibility index (Phi) is 8.53. The first kappa shape index (κ1) is 10.0. The topological polar surface area (TPSA) is 63.3 Å². The molecule has 0 amide bonds. The molecule has 0 heterocycles. The molecule has 0 fully saturated rings. The Morgan fingerprint density at radius 3 is 2.14 bits per heavy atom. The molecule has 0 unspecified atom stereocenters. The third kappa shape index (κ3) is 10.7. The summed E-state index contributed by atoms with van der Waals surface area (Å²) in [5, 5.41) is 7.83. The average molecular weight is 153 g/mol. The monoisotopic (exact) mass is 152 g/mol. The molecule has 0 aromatic carbocycles. The first-order valence-corrected chi connectivity index (χ1v) is 1.69. The molecule has 0 saturated carbocycles. The number of aliphatic carboxylic acids is 1. The molecule has 0 aromatic heterocycles. The molecule has 3 nitrogen and oxygen atoms in total. The molecule has 0 atom stereocenters. The number of rotatable bonds is 2. The second kappa shape index (κ2) is 5.95. The predicted molar refractivity (Wildman–Crippen MR) is 21.3 cm³/mol. The summed E-state index contributed by atoms with van der Waals surface area (Å²) in [4.78, 5) is 9.52. The number of hydrogen-bond acceptors (Lipinski definition) is 2. The maximum Gasteiger partial charge on any atom is 0.304 e. The van der Waals surface area contributed by atoms with E-state index in [1.807, 2.05) is 0 Å². The van der Waals surface area contributed by atoms with Gasteiger partial charge in [0.15, 0.2) is 0 Å². The molecule has 0 saturated heterocycles. The molecule has 47 valence electrons. The molecule has 7 heavy (non-hydrogen) atoms. The van der Waals surface area contributed by atoms with Gasteiger partial charge < -0.3 is 10.8 Å². The zero-order chi connectivity index (χ0) is 4.99. The van der Waals surface area contributed by atoms with Crippen LogP contribution in [0.25, 0.3) is 0 Å². The summed E-state index contributed by atoms with van der Waals surface area (Å²) in [5.74, 6) is -0.836. The normalized spacial score (nSPS) is 7.00. The number of carboxylic acid groups (broad SMARTS) is 1. The van der Waals surface area contributed by atoms with Gasteiger partial charge in [0.1, 0.15) is 0 Å². The van der Waals surface area contributed by atoms with Gasteiger partial charge in [-0.25, -0.2) is 0 Å². The van der Waals surface area contributed by atoms with E-state index in [1.165, 1.54) is 0 Å². The van der Waals surface area contributed by atoms with E-state index >= 15 is 0 Å². The molecule has 3 N–H and O–H groups in total. The Bertz CT molecular complexity index is 56.9. The summed E-state index contributed by atoms with van der Waals surface area (Å²) in [6, 6.07) is 0. The standard InChI is InChI=1S/C3H7NO2.Cu/c4-2-1-3(5)6;/h1-2,4H2,(H,5,6);. The predicted octanol–water partition coefficient (Wildman–Crippen LogP) is -0.583. The summed E-state index contributed by atoms with van der Waals surface area (Å²) >= 11 is 0. The fourth-order valence-corrected chi connectivity index (χ4v) is 0.123. The van der Waals surface area contributed by atoms with Gasteiger partial charge in [-0.05, 0) is 0 Å². The van der Waals surface area contributed by atoms with Crippen molar-refractivity contribution in [2.45, 2.75) is 6.42 Å². The van der Waals surface area contributed by atoms with Gasteiger partial charge in [-0.2, -0.15) is 0 Å². The Morgan fingerprint density at radius 2 is 2.14 bits per heavy atom. The Labute approximate surface area is 52.4 Å². The van der Waals surface area contributed by atoms with Crippen LogP contribution in [0.15, 0.2) is 0 Å². The minimum atomic E-state index is -0.836. The Morgan fingerprint density at radius 1 is 1.71 bits per heavy atom.